The Labute approximate surface area is 206 Å². The molecule has 0 aliphatic carbocycles. The lowest BCUT2D eigenvalue weighted by Crippen LogP contribution is -2.58. The van der Waals surface area contributed by atoms with E-state index in [1.807, 2.05) is 6.92 Å². The van der Waals surface area contributed by atoms with Crippen LogP contribution in [0.5, 0.6) is 11.5 Å². The van der Waals surface area contributed by atoms with Gasteiger partial charge in [-0.15, -0.1) is 13.8 Å². The van der Waals surface area contributed by atoms with E-state index in [0.29, 0.717) is 29.9 Å². The number of nitrogens with zero attached hydrogens (tertiary/aromatic N) is 6. The van der Waals surface area contributed by atoms with Crippen molar-refractivity contribution in [3.05, 3.63) is 57.8 Å². The first-order valence-electron chi connectivity index (χ1n) is 11.8. The predicted octanol–water partition coefficient (Wildman–Crippen LogP) is 4.25. The lowest BCUT2D eigenvalue weighted by molar-refractivity contribution is -0.286. The summed E-state index contributed by atoms with van der Waals surface area (Å²) < 4.78 is 37.6. The Kier molecular flexibility index (Phi) is 5.79. The molecule has 3 atom stereocenters. The van der Waals surface area contributed by atoms with Gasteiger partial charge in [0, 0.05) is 38.3 Å². The van der Waals surface area contributed by atoms with Crippen molar-refractivity contribution in [2.45, 2.75) is 51.6 Å². The number of aromatic nitrogens is 3. The maximum Gasteiger partial charge on any atom is 0.586 e. The van der Waals surface area contributed by atoms with Crippen LogP contribution in [0.2, 0.25) is 0 Å². The van der Waals surface area contributed by atoms with Gasteiger partial charge in [0.1, 0.15) is 0 Å². The van der Waals surface area contributed by atoms with Crippen LogP contribution in [0.1, 0.15) is 38.8 Å². The fourth-order valence-electron chi connectivity index (χ4n) is 5.08. The third kappa shape index (κ3) is 4.01. The summed E-state index contributed by atoms with van der Waals surface area (Å²) in [4.78, 5) is 29.3. The minimum Gasteiger partial charge on any atom is -0.395 e. The van der Waals surface area contributed by atoms with E-state index in [4.69, 9.17) is 6.57 Å². The second-order valence-electron chi connectivity index (χ2n) is 9.24. The topological polar surface area (TPSA) is 77.1 Å². The van der Waals surface area contributed by atoms with Crippen molar-refractivity contribution in [2.75, 3.05) is 18.0 Å². The molecule has 3 aromatic rings. The molecule has 0 bridgehead atoms. The number of anilines is 1. The average Bonchev–Trinajstić information content (AvgIpc) is 3.18. The highest BCUT2D eigenvalue weighted by Gasteiger charge is 2.44. The number of alkyl halides is 2. The lowest BCUT2D eigenvalue weighted by atomic mass is 9.98. The Morgan fingerprint density at radius 3 is 2.67 bits per heavy atom. The van der Waals surface area contributed by atoms with Gasteiger partial charge in [0.25, 0.3) is 5.82 Å². The number of pyridine rings is 1. The van der Waals surface area contributed by atoms with Crippen molar-refractivity contribution in [1.29, 1.82) is 0 Å². The molecular weight excluding hydrogens is 470 g/mol. The monoisotopic (exact) mass is 496 g/mol. The smallest absolute Gasteiger partial charge is 0.395 e. The molecule has 9 nitrogen and oxygen atoms in total. The largest absolute Gasteiger partial charge is 0.586 e. The molecule has 4 heterocycles. The summed E-state index contributed by atoms with van der Waals surface area (Å²) >= 11 is 0. The van der Waals surface area contributed by atoms with E-state index in [1.54, 1.807) is 31.3 Å². The van der Waals surface area contributed by atoms with Gasteiger partial charge < -0.3 is 19.2 Å². The minimum absolute atomic E-state index is 0.0241. The molecule has 1 saturated heterocycles. The number of fused-ring (bicyclic) bond motifs is 2. The van der Waals surface area contributed by atoms with E-state index in [-0.39, 0.29) is 41.1 Å². The molecule has 1 aromatic carbocycles. The van der Waals surface area contributed by atoms with Crippen molar-refractivity contribution < 1.29 is 18.3 Å². The number of ether oxygens (including phenoxy) is 2. The summed E-state index contributed by atoms with van der Waals surface area (Å²) in [6.07, 6.45) is -2.83. The summed E-state index contributed by atoms with van der Waals surface area (Å²) in [5, 5.41) is 0. The SMILES string of the molecule is [C-]#[N+]c1ccc2c(n1)c(N1C[C@@H](CC)N(C(C)c3ccc4c(c3)OC(F)(F)O4)C[C@@H]1C)nc(=O)n2C. The molecule has 0 amide bonds. The summed E-state index contributed by atoms with van der Waals surface area (Å²) in [7, 11) is 1.64. The van der Waals surface area contributed by atoms with E-state index < -0.39 is 6.29 Å². The van der Waals surface area contributed by atoms with Gasteiger partial charge in [-0.05, 0) is 50.1 Å². The van der Waals surface area contributed by atoms with Crippen molar-refractivity contribution in [1.82, 2.24) is 19.4 Å². The van der Waals surface area contributed by atoms with Gasteiger partial charge in [-0.1, -0.05) is 19.6 Å². The van der Waals surface area contributed by atoms with Crippen molar-refractivity contribution in [3.63, 3.8) is 0 Å². The van der Waals surface area contributed by atoms with Crippen molar-refractivity contribution in [3.8, 4) is 11.5 Å². The number of rotatable bonds is 4. The first-order chi connectivity index (χ1) is 17.1. The fraction of sp³-hybridized carbons (Fsp3) is 0.440. The molecule has 1 fully saturated rings. The van der Waals surface area contributed by atoms with Gasteiger partial charge in [0.2, 0.25) is 5.52 Å². The summed E-state index contributed by atoms with van der Waals surface area (Å²) in [6, 6.07) is 8.20. The average molecular weight is 497 g/mol. The zero-order valence-electron chi connectivity index (χ0n) is 20.4. The Morgan fingerprint density at radius 1 is 1.19 bits per heavy atom. The van der Waals surface area contributed by atoms with Crippen molar-refractivity contribution in [2.24, 2.45) is 7.05 Å². The van der Waals surface area contributed by atoms with Crippen LogP contribution in [0.3, 0.4) is 0 Å². The molecule has 11 heteroatoms. The van der Waals surface area contributed by atoms with Crippen LogP contribution in [0.15, 0.2) is 35.1 Å². The Balaban J connectivity index is 1.47. The standard InChI is InChI=1S/C25H26F2N6O3/c1-6-17-13-32(23-22-18(31(5)24(34)30-23)8-10-21(28-4)29-22)14(2)12-33(17)15(3)16-7-9-19-20(11-16)36-25(26,27)35-19/h7-11,14-15,17H,6,12-13H2,1-3,5H3/t14-,15?,17+/m0/s1. The third-order valence-corrected chi connectivity index (χ3v) is 7.07. The molecule has 0 saturated carbocycles. The first-order valence-corrected chi connectivity index (χ1v) is 11.8. The van der Waals surface area contributed by atoms with Crippen LogP contribution in [-0.2, 0) is 7.05 Å². The second-order valence-corrected chi connectivity index (χ2v) is 9.24. The Hall–Kier alpha value is -3.78. The highest BCUT2D eigenvalue weighted by atomic mass is 19.3. The van der Waals surface area contributed by atoms with Gasteiger partial charge in [0.15, 0.2) is 17.3 Å². The van der Waals surface area contributed by atoms with Crippen molar-refractivity contribution >= 4 is 22.7 Å². The predicted molar refractivity (Wildman–Crippen MR) is 130 cm³/mol. The molecule has 2 aliphatic rings. The maximum atomic E-state index is 13.5. The van der Waals surface area contributed by atoms with E-state index in [1.165, 1.54) is 10.6 Å². The number of benzene rings is 1. The normalized spacial score (nSPS) is 22.0. The summed E-state index contributed by atoms with van der Waals surface area (Å²) in [6.45, 7) is 14.8. The Bertz CT molecular complexity index is 1440. The number of hydrogen-bond donors (Lipinski definition) is 0. The highest BCUT2D eigenvalue weighted by Crippen LogP contribution is 2.43. The second kappa shape index (κ2) is 8.71. The Morgan fingerprint density at radius 2 is 1.94 bits per heavy atom. The van der Waals surface area contributed by atoms with E-state index in [2.05, 4.69) is 47.9 Å². The molecule has 0 spiro atoms. The summed E-state index contributed by atoms with van der Waals surface area (Å²) in [5.41, 5.74) is 1.59. The molecule has 0 N–H and O–H groups in total. The molecule has 5 rings (SSSR count). The van der Waals surface area contributed by atoms with E-state index >= 15 is 0 Å². The summed E-state index contributed by atoms with van der Waals surface area (Å²) in [5.74, 6) is 0.768. The van der Waals surface area contributed by atoms with Crippen LogP contribution in [0.25, 0.3) is 15.9 Å². The van der Waals surface area contributed by atoms with E-state index in [9.17, 15) is 13.6 Å². The first kappa shape index (κ1) is 23.9. The molecule has 2 aliphatic heterocycles. The van der Waals surface area contributed by atoms with E-state index in [0.717, 1.165) is 12.0 Å². The van der Waals surface area contributed by atoms with Gasteiger partial charge in [0.05, 0.1) is 5.52 Å². The molecule has 188 valence electrons. The number of hydrogen-bond acceptors (Lipinski definition) is 7. The van der Waals surface area contributed by atoms with Crippen LogP contribution >= 0.6 is 0 Å². The molecule has 1 unspecified atom stereocenters. The van der Waals surface area contributed by atoms with Crippen LogP contribution in [0, 0.1) is 6.57 Å². The lowest BCUT2D eigenvalue weighted by Gasteiger charge is -2.48. The molecule has 0 radical (unpaired) electrons. The zero-order valence-corrected chi connectivity index (χ0v) is 20.4. The van der Waals surface area contributed by atoms with Gasteiger partial charge in [-0.25, -0.2) is 4.79 Å². The van der Waals surface area contributed by atoms with Gasteiger partial charge in [-0.3, -0.25) is 9.47 Å². The number of halogens is 2. The van der Waals surface area contributed by atoms with Gasteiger partial charge >= 0.3 is 12.0 Å². The third-order valence-electron chi connectivity index (χ3n) is 7.07. The van der Waals surface area contributed by atoms with Gasteiger partial charge in [-0.2, -0.15) is 4.98 Å². The van der Waals surface area contributed by atoms with Crippen LogP contribution < -0.4 is 20.1 Å². The molecule has 2 aromatic heterocycles. The zero-order chi connectivity index (χ0) is 25.8. The van der Waals surface area contributed by atoms with Crippen LogP contribution in [-0.4, -0.2) is 50.9 Å². The highest BCUT2D eigenvalue weighted by molar-refractivity contribution is 5.87. The number of piperazine rings is 1. The maximum absolute atomic E-state index is 13.5. The number of aryl methyl sites for hydroxylation is 1. The minimum atomic E-state index is -3.65. The molecular formula is C25H26F2N6O3. The molecule has 36 heavy (non-hydrogen) atoms. The van der Waals surface area contributed by atoms with Crippen LogP contribution in [0.4, 0.5) is 20.4 Å². The quantitative estimate of drug-likeness (QED) is 0.500. The fourth-order valence-corrected chi connectivity index (χ4v) is 5.08.